The summed E-state index contributed by atoms with van der Waals surface area (Å²) in [5.74, 6) is -0.0568. The topological polar surface area (TPSA) is 30.0 Å². The summed E-state index contributed by atoms with van der Waals surface area (Å²) in [7, 11) is 0. The van der Waals surface area contributed by atoms with Crippen molar-refractivity contribution in [2.45, 2.75) is 6.92 Å². The molecule has 1 heterocycles. The van der Waals surface area contributed by atoms with Crippen LogP contribution in [-0.2, 0) is 0 Å². The molecule has 0 N–H and O–H groups in total. The van der Waals surface area contributed by atoms with Crippen molar-refractivity contribution >= 4 is 17.4 Å². The van der Waals surface area contributed by atoms with E-state index < -0.39 is 0 Å². The van der Waals surface area contributed by atoms with Gasteiger partial charge < -0.3 is 0 Å². The number of hydrogen-bond donors (Lipinski definition) is 0. The summed E-state index contributed by atoms with van der Waals surface area (Å²) < 4.78 is 0. The minimum atomic E-state index is -0.0568. The normalized spacial score (nSPS) is 10.1. The predicted molar refractivity (Wildman–Crippen MR) is 63.9 cm³/mol. The molecule has 0 fully saturated rings. The van der Waals surface area contributed by atoms with Crippen molar-refractivity contribution in [2.75, 3.05) is 0 Å². The van der Waals surface area contributed by atoms with Gasteiger partial charge in [-0.25, -0.2) is 0 Å². The van der Waals surface area contributed by atoms with Crippen LogP contribution >= 0.6 is 11.6 Å². The fourth-order valence-electron chi connectivity index (χ4n) is 1.48. The molecule has 2 rings (SSSR count). The number of pyridine rings is 1. The molecule has 0 aliphatic rings. The zero-order chi connectivity index (χ0) is 11.5. The van der Waals surface area contributed by atoms with Gasteiger partial charge in [0.05, 0.1) is 0 Å². The van der Waals surface area contributed by atoms with Gasteiger partial charge in [-0.15, -0.1) is 0 Å². The van der Waals surface area contributed by atoms with Gasteiger partial charge in [-0.1, -0.05) is 23.7 Å². The first-order valence-electron chi connectivity index (χ1n) is 4.89. The highest BCUT2D eigenvalue weighted by atomic mass is 35.5. The Kier molecular flexibility index (Phi) is 3.02. The molecular weight excluding hydrogens is 222 g/mol. The van der Waals surface area contributed by atoms with Gasteiger partial charge in [0.1, 0.15) is 0 Å². The molecule has 16 heavy (non-hydrogen) atoms. The number of carbonyl (C=O) groups excluding carboxylic acids is 1. The van der Waals surface area contributed by atoms with E-state index >= 15 is 0 Å². The second-order valence-electron chi connectivity index (χ2n) is 3.59. The number of aromatic nitrogens is 1. The lowest BCUT2D eigenvalue weighted by molar-refractivity contribution is 0.103. The van der Waals surface area contributed by atoms with Crippen LogP contribution in [0.15, 0.2) is 42.7 Å². The van der Waals surface area contributed by atoms with Gasteiger partial charge in [-0.2, -0.15) is 0 Å². The van der Waals surface area contributed by atoms with E-state index in [2.05, 4.69) is 4.98 Å². The average molecular weight is 232 g/mol. The quantitative estimate of drug-likeness (QED) is 0.743. The predicted octanol–water partition coefficient (Wildman–Crippen LogP) is 3.27. The first-order valence-corrected chi connectivity index (χ1v) is 5.26. The molecule has 0 aliphatic carbocycles. The zero-order valence-corrected chi connectivity index (χ0v) is 9.53. The van der Waals surface area contributed by atoms with Gasteiger partial charge >= 0.3 is 0 Å². The fraction of sp³-hybridized carbons (Fsp3) is 0.0769. The van der Waals surface area contributed by atoms with Crippen molar-refractivity contribution in [1.29, 1.82) is 0 Å². The van der Waals surface area contributed by atoms with Crippen molar-refractivity contribution in [3.05, 3.63) is 64.4 Å². The largest absolute Gasteiger partial charge is 0.289 e. The number of rotatable bonds is 2. The lowest BCUT2D eigenvalue weighted by Gasteiger charge is -2.02. The Bertz CT molecular complexity index is 489. The molecule has 0 saturated carbocycles. The average Bonchev–Trinajstić information content (AvgIpc) is 2.28. The van der Waals surface area contributed by atoms with Crippen LogP contribution in [0, 0.1) is 6.92 Å². The molecule has 3 heteroatoms. The summed E-state index contributed by atoms with van der Waals surface area (Å²) in [4.78, 5) is 16.1. The molecule has 0 bridgehead atoms. The molecule has 2 aromatic rings. The molecular formula is C13H10ClNO. The molecule has 0 atom stereocenters. The smallest absolute Gasteiger partial charge is 0.194 e. The van der Waals surface area contributed by atoms with Crippen molar-refractivity contribution in [2.24, 2.45) is 0 Å². The summed E-state index contributed by atoms with van der Waals surface area (Å²) in [6.07, 6.45) is 3.28. The van der Waals surface area contributed by atoms with Gasteiger partial charge in [-0.05, 0) is 30.7 Å². The highest BCUT2D eigenvalue weighted by molar-refractivity contribution is 6.31. The third-order valence-corrected chi connectivity index (χ3v) is 2.46. The second kappa shape index (κ2) is 4.45. The maximum absolute atomic E-state index is 12.1. The van der Waals surface area contributed by atoms with Crippen LogP contribution in [0.25, 0.3) is 0 Å². The van der Waals surface area contributed by atoms with Crippen LogP contribution in [-0.4, -0.2) is 10.8 Å². The van der Waals surface area contributed by atoms with E-state index in [0.717, 1.165) is 5.56 Å². The summed E-state index contributed by atoms with van der Waals surface area (Å²) in [5, 5.41) is 0.562. The number of ketones is 1. The Morgan fingerprint density at radius 2 is 2.00 bits per heavy atom. The maximum Gasteiger partial charge on any atom is 0.194 e. The first kappa shape index (κ1) is 10.8. The number of benzene rings is 1. The number of hydrogen-bond acceptors (Lipinski definition) is 2. The maximum atomic E-state index is 12.1. The van der Waals surface area contributed by atoms with E-state index in [-0.39, 0.29) is 5.78 Å². The van der Waals surface area contributed by atoms with Crippen molar-refractivity contribution in [3.8, 4) is 0 Å². The van der Waals surface area contributed by atoms with Gasteiger partial charge in [0.25, 0.3) is 0 Å². The summed E-state index contributed by atoms with van der Waals surface area (Å²) in [6.45, 7) is 1.90. The van der Waals surface area contributed by atoms with Crippen LogP contribution in [0.1, 0.15) is 21.5 Å². The van der Waals surface area contributed by atoms with E-state index in [4.69, 9.17) is 11.6 Å². The monoisotopic (exact) mass is 231 g/mol. The lowest BCUT2D eigenvalue weighted by Crippen LogP contribution is -2.02. The Labute approximate surface area is 98.9 Å². The minimum Gasteiger partial charge on any atom is -0.289 e. The summed E-state index contributed by atoms with van der Waals surface area (Å²) in [5.41, 5.74) is 2.13. The Morgan fingerprint density at radius 1 is 1.19 bits per heavy atom. The Morgan fingerprint density at radius 3 is 2.69 bits per heavy atom. The highest BCUT2D eigenvalue weighted by Crippen LogP contribution is 2.14. The minimum absolute atomic E-state index is 0.0568. The zero-order valence-electron chi connectivity index (χ0n) is 8.77. The van der Waals surface area contributed by atoms with E-state index in [9.17, 15) is 4.79 Å². The van der Waals surface area contributed by atoms with Crippen LogP contribution in [0.4, 0.5) is 0 Å². The van der Waals surface area contributed by atoms with E-state index in [1.807, 2.05) is 13.0 Å². The van der Waals surface area contributed by atoms with Crippen LogP contribution < -0.4 is 0 Å². The van der Waals surface area contributed by atoms with Gasteiger partial charge in [-0.3, -0.25) is 9.78 Å². The SMILES string of the molecule is Cc1cncc(C(=O)c2cccc(Cl)c2)c1. The summed E-state index contributed by atoms with van der Waals surface area (Å²) >= 11 is 5.84. The van der Waals surface area contributed by atoms with E-state index in [1.165, 1.54) is 0 Å². The molecule has 0 spiro atoms. The molecule has 1 aromatic heterocycles. The number of carbonyl (C=O) groups is 1. The van der Waals surface area contributed by atoms with Crippen molar-refractivity contribution < 1.29 is 4.79 Å². The van der Waals surface area contributed by atoms with Crippen LogP contribution in [0.2, 0.25) is 5.02 Å². The number of nitrogens with zero attached hydrogens (tertiary/aromatic N) is 1. The van der Waals surface area contributed by atoms with Crippen molar-refractivity contribution in [3.63, 3.8) is 0 Å². The lowest BCUT2D eigenvalue weighted by atomic mass is 10.0. The molecule has 0 saturated heterocycles. The Hall–Kier alpha value is -1.67. The molecule has 80 valence electrons. The standard InChI is InChI=1S/C13H10ClNO/c1-9-5-11(8-15-7-9)13(16)10-3-2-4-12(14)6-10/h2-8H,1H3. The van der Waals surface area contributed by atoms with Gasteiger partial charge in [0.15, 0.2) is 5.78 Å². The summed E-state index contributed by atoms with van der Waals surface area (Å²) in [6, 6.07) is 8.73. The Balaban J connectivity index is 2.39. The molecule has 0 aliphatic heterocycles. The van der Waals surface area contributed by atoms with Crippen LogP contribution in [0.3, 0.4) is 0 Å². The van der Waals surface area contributed by atoms with Crippen molar-refractivity contribution in [1.82, 2.24) is 4.98 Å². The van der Waals surface area contributed by atoms with Crippen LogP contribution in [0.5, 0.6) is 0 Å². The third-order valence-electron chi connectivity index (χ3n) is 2.22. The number of halogens is 1. The fourth-order valence-corrected chi connectivity index (χ4v) is 1.67. The second-order valence-corrected chi connectivity index (χ2v) is 4.03. The van der Waals surface area contributed by atoms with Gasteiger partial charge in [0, 0.05) is 28.5 Å². The van der Waals surface area contributed by atoms with E-state index in [0.29, 0.717) is 16.1 Å². The molecule has 2 nitrogen and oxygen atoms in total. The molecule has 0 radical (unpaired) electrons. The third kappa shape index (κ3) is 2.28. The molecule has 0 amide bonds. The highest BCUT2D eigenvalue weighted by Gasteiger charge is 2.09. The van der Waals surface area contributed by atoms with E-state index in [1.54, 1.807) is 36.7 Å². The first-order chi connectivity index (χ1) is 7.66. The van der Waals surface area contributed by atoms with Gasteiger partial charge in [0.2, 0.25) is 0 Å². The molecule has 1 aromatic carbocycles. The number of aryl methyl sites for hydroxylation is 1. The molecule has 0 unspecified atom stereocenters.